The van der Waals surface area contributed by atoms with E-state index in [0.717, 1.165) is 35.0 Å². The number of aryl methyl sites for hydroxylation is 2. The first-order valence-electron chi connectivity index (χ1n) is 9.32. The highest BCUT2D eigenvalue weighted by Gasteiger charge is 2.26. The van der Waals surface area contributed by atoms with Crippen molar-refractivity contribution in [2.24, 2.45) is 0 Å². The molecule has 0 saturated carbocycles. The number of fused-ring (bicyclic) bond motifs is 5. The SMILES string of the molecule is CCOC(=O)Cn1c(=O)n2nc(-c3ccccc3)nc2c2c3c(sc21)CCC3. The van der Waals surface area contributed by atoms with E-state index < -0.39 is 5.97 Å². The Labute approximate surface area is 164 Å². The van der Waals surface area contributed by atoms with Crippen LogP contribution >= 0.6 is 11.3 Å². The number of rotatable bonds is 4. The average Bonchev–Trinajstić information content (AvgIpc) is 3.40. The van der Waals surface area contributed by atoms with Crippen molar-refractivity contribution in [3.63, 3.8) is 0 Å². The van der Waals surface area contributed by atoms with Gasteiger partial charge in [0.25, 0.3) is 0 Å². The molecule has 1 aliphatic carbocycles. The molecule has 0 unspecified atom stereocenters. The summed E-state index contributed by atoms with van der Waals surface area (Å²) < 4.78 is 7.88. The number of carbonyl (C=O) groups excluding carboxylic acids is 1. The summed E-state index contributed by atoms with van der Waals surface area (Å²) in [7, 11) is 0. The van der Waals surface area contributed by atoms with E-state index in [-0.39, 0.29) is 18.8 Å². The number of esters is 1. The van der Waals surface area contributed by atoms with Gasteiger partial charge in [0.2, 0.25) is 0 Å². The highest BCUT2D eigenvalue weighted by Crippen LogP contribution is 2.38. The minimum Gasteiger partial charge on any atom is -0.465 e. The van der Waals surface area contributed by atoms with Crippen LogP contribution in [0.25, 0.3) is 27.3 Å². The van der Waals surface area contributed by atoms with Gasteiger partial charge in [-0.25, -0.2) is 9.78 Å². The molecule has 0 N–H and O–H groups in total. The zero-order chi connectivity index (χ0) is 19.3. The molecule has 0 saturated heterocycles. The molecule has 1 aliphatic rings. The van der Waals surface area contributed by atoms with Crippen molar-refractivity contribution in [2.45, 2.75) is 32.7 Å². The van der Waals surface area contributed by atoms with Crippen LogP contribution in [-0.4, -0.2) is 31.7 Å². The summed E-state index contributed by atoms with van der Waals surface area (Å²) in [5.41, 5.74) is 2.28. The van der Waals surface area contributed by atoms with Gasteiger partial charge in [-0.05, 0) is 31.7 Å². The molecule has 7 nitrogen and oxygen atoms in total. The summed E-state index contributed by atoms with van der Waals surface area (Å²) in [6.07, 6.45) is 3.05. The molecule has 142 valence electrons. The van der Waals surface area contributed by atoms with E-state index in [4.69, 9.17) is 9.72 Å². The lowest BCUT2D eigenvalue weighted by atomic mass is 10.2. The minimum atomic E-state index is -0.429. The van der Waals surface area contributed by atoms with Crippen LogP contribution in [0.2, 0.25) is 0 Å². The molecule has 4 aromatic rings. The van der Waals surface area contributed by atoms with E-state index in [1.807, 2.05) is 30.3 Å². The van der Waals surface area contributed by atoms with Crippen LogP contribution in [0.4, 0.5) is 0 Å². The largest absolute Gasteiger partial charge is 0.465 e. The molecule has 5 rings (SSSR count). The molecule has 8 heteroatoms. The Balaban J connectivity index is 1.81. The van der Waals surface area contributed by atoms with Gasteiger partial charge >= 0.3 is 11.7 Å². The van der Waals surface area contributed by atoms with Crippen LogP contribution in [0, 0.1) is 0 Å². The lowest BCUT2D eigenvalue weighted by Crippen LogP contribution is -2.30. The van der Waals surface area contributed by atoms with Gasteiger partial charge in [0.15, 0.2) is 11.5 Å². The Kier molecular flexibility index (Phi) is 4.01. The summed E-state index contributed by atoms with van der Waals surface area (Å²) in [6.45, 7) is 1.91. The highest BCUT2D eigenvalue weighted by molar-refractivity contribution is 7.19. The fraction of sp³-hybridized carbons (Fsp3) is 0.300. The highest BCUT2D eigenvalue weighted by atomic mass is 32.1. The monoisotopic (exact) mass is 394 g/mol. The van der Waals surface area contributed by atoms with Gasteiger partial charge in [-0.1, -0.05) is 30.3 Å². The van der Waals surface area contributed by atoms with Crippen molar-refractivity contribution in [1.82, 2.24) is 19.2 Å². The van der Waals surface area contributed by atoms with Crippen LogP contribution in [-0.2, 0) is 28.9 Å². The van der Waals surface area contributed by atoms with Gasteiger partial charge in [-0.3, -0.25) is 9.36 Å². The van der Waals surface area contributed by atoms with Crippen molar-refractivity contribution >= 4 is 33.2 Å². The molecular weight excluding hydrogens is 376 g/mol. The minimum absolute atomic E-state index is 0.126. The fourth-order valence-electron chi connectivity index (χ4n) is 3.80. The van der Waals surface area contributed by atoms with E-state index in [1.54, 1.807) is 18.3 Å². The maximum Gasteiger partial charge on any atom is 0.352 e. The molecule has 0 bridgehead atoms. The summed E-state index contributed by atoms with van der Waals surface area (Å²) in [5.74, 6) is 0.0769. The number of ether oxygens (including phenoxy) is 1. The Hall–Kier alpha value is -3.00. The third-order valence-corrected chi connectivity index (χ3v) is 6.33. The molecule has 0 atom stereocenters. The maximum atomic E-state index is 13.2. The Morgan fingerprint density at radius 2 is 2.07 bits per heavy atom. The van der Waals surface area contributed by atoms with Crippen molar-refractivity contribution in [3.05, 3.63) is 51.3 Å². The first-order valence-corrected chi connectivity index (χ1v) is 10.1. The van der Waals surface area contributed by atoms with E-state index in [1.165, 1.54) is 19.5 Å². The third-order valence-electron chi connectivity index (χ3n) is 5.02. The van der Waals surface area contributed by atoms with Crippen LogP contribution in [0.3, 0.4) is 0 Å². The molecule has 0 amide bonds. The first kappa shape index (κ1) is 17.1. The lowest BCUT2D eigenvalue weighted by Gasteiger charge is -2.08. The molecule has 1 aromatic carbocycles. The number of benzene rings is 1. The van der Waals surface area contributed by atoms with Crippen LogP contribution in [0.5, 0.6) is 0 Å². The molecular formula is C20H18N4O3S. The van der Waals surface area contributed by atoms with Crippen LogP contribution in [0.1, 0.15) is 23.8 Å². The predicted molar refractivity (Wildman–Crippen MR) is 107 cm³/mol. The van der Waals surface area contributed by atoms with Crippen molar-refractivity contribution in [3.8, 4) is 11.4 Å². The Morgan fingerprint density at radius 3 is 2.86 bits per heavy atom. The van der Waals surface area contributed by atoms with Crippen molar-refractivity contribution in [1.29, 1.82) is 0 Å². The second-order valence-electron chi connectivity index (χ2n) is 6.75. The molecule has 3 heterocycles. The van der Waals surface area contributed by atoms with Gasteiger partial charge in [-0.15, -0.1) is 16.4 Å². The zero-order valence-electron chi connectivity index (χ0n) is 15.3. The van der Waals surface area contributed by atoms with Crippen LogP contribution in [0.15, 0.2) is 35.1 Å². The summed E-state index contributed by atoms with van der Waals surface area (Å²) in [6, 6.07) is 9.59. The molecule has 0 spiro atoms. The Bertz CT molecular complexity index is 1270. The molecule has 3 aromatic heterocycles. The van der Waals surface area contributed by atoms with E-state index in [0.29, 0.717) is 11.5 Å². The van der Waals surface area contributed by atoms with Gasteiger partial charge < -0.3 is 4.74 Å². The van der Waals surface area contributed by atoms with Gasteiger partial charge in [-0.2, -0.15) is 4.52 Å². The van der Waals surface area contributed by atoms with E-state index >= 15 is 0 Å². The van der Waals surface area contributed by atoms with Crippen molar-refractivity contribution < 1.29 is 9.53 Å². The second kappa shape index (κ2) is 6.56. The topological polar surface area (TPSA) is 78.5 Å². The fourth-order valence-corrected chi connectivity index (χ4v) is 5.18. The summed E-state index contributed by atoms with van der Waals surface area (Å²) >= 11 is 1.58. The average molecular weight is 394 g/mol. The summed E-state index contributed by atoms with van der Waals surface area (Å²) in [4.78, 5) is 32.1. The smallest absolute Gasteiger partial charge is 0.352 e. The molecule has 0 radical (unpaired) electrons. The lowest BCUT2D eigenvalue weighted by molar-refractivity contribution is -0.143. The van der Waals surface area contributed by atoms with Gasteiger partial charge in [0, 0.05) is 10.4 Å². The Morgan fingerprint density at radius 1 is 1.25 bits per heavy atom. The van der Waals surface area contributed by atoms with Gasteiger partial charge in [0.05, 0.1) is 12.0 Å². The molecule has 28 heavy (non-hydrogen) atoms. The summed E-state index contributed by atoms with van der Waals surface area (Å²) in [5, 5.41) is 5.42. The number of aromatic nitrogens is 4. The number of thiophene rings is 1. The first-order chi connectivity index (χ1) is 13.7. The normalized spacial score (nSPS) is 13.3. The third kappa shape index (κ3) is 2.56. The number of hydrogen-bond donors (Lipinski definition) is 0. The van der Waals surface area contributed by atoms with E-state index in [2.05, 4.69) is 5.10 Å². The quantitative estimate of drug-likeness (QED) is 0.498. The molecule has 0 fully saturated rings. The van der Waals surface area contributed by atoms with Gasteiger partial charge in [0.1, 0.15) is 11.4 Å². The standard InChI is InChI=1S/C20H18N4O3S/c1-2-27-15(25)11-23-19-16(13-9-6-10-14(13)28-19)18-21-17(22-24(18)20(23)26)12-7-4-3-5-8-12/h3-5,7-8H,2,6,9-11H2,1H3. The molecule has 0 aliphatic heterocycles. The van der Waals surface area contributed by atoms with E-state index in [9.17, 15) is 9.59 Å². The number of nitrogens with zero attached hydrogens (tertiary/aromatic N) is 4. The van der Waals surface area contributed by atoms with Crippen molar-refractivity contribution in [2.75, 3.05) is 6.61 Å². The van der Waals surface area contributed by atoms with Crippen LogP contribution < -0.4 is 5.69 Å². The number of carbonyl (C=O) groups is 1. The zero-order valence-corrected chi connectivity index (χ0v) is 16.2. The predicted octanol–water partition coefficient (Wildman–Crippen LogP) is 2.82. The maximum absolute atomic E-state index is 13.2. The second-order valence-corrected chi connectivity index (χ2v) is 7.83. The number of hydrogen-bond acceptors (Lipinski definition) is 6.